The smallest absolute Gasteiger partial charge is 0.0641 e. The van der Waals surface area contributed by atoms with E-state index in [4.69, 9.17) is 0 Å². The summed E-state index contributed by atoms with van der Waals surface area (Å²) in [5, 5.41) is 4.64. The molecule has 0 atom stereocenters. The van der Waals surface area contributed by atoms with Crippen molar-refractivity contribution in [2.75, 3.05) is 7.05 Å². The molecule has 0 unspecified atom stereocenters. The molecule has 108 valence electrons. The minimum Gasteiger partial charge on any atom is -0.298 e. The molecule has 2 aromatic rings. The highest BCUT2D eigenvalue weighted by atomic mass is 15.3. The number of pyridine rings is 1. The van der Waals surface area contributed by atoms with E-state index < -0.39 is 0 Å². The van der Waals surface area contributed by atoms with Crippen LogP contribution in [0.15, 0.2) is 24.5 Å². The molecule has 2 heterocycles. The van der Waals surface area contributed by atoms with Crippen molar-refractivity contribution in [3.05, 3.63) is 47.0 Å². The molecular formula is C16H24N4. The molecule has 2 aromatic heterocycles. The standard InChI is InChI=1S/C16H24N4/c1-5-9-20-14(3)16(13(2)18-20)12-19(4)11-15-7-6-8-17-10-15/h6-8,10H,5,9,11-12H2,1-4H3. The molecular weight excluding hydrogens is 248 g/mol. The highest BCUT2D eigenvalue weighted by Crippen LogP contribution is 2.16. The predicted molar refractivity (Wildman–Crippen MR) is 81.4 cm³/mol. The molecule has 0 saturated carbocycles. The maximum Gasteiger partial charge on any atom is 0.0641 e. The van der Waals surface area contributed by atoms with Gasteiger partial charge >= 0.3 is 0 Å². The van der Waals surface area contributed by atoms with Gasteiger partial charge in [-0.3, -0.25) is 14.6 Å². The maximum atomic E-state index is 4.64. The summed E-state index contributed by atoms with van der Waals surface area (Å²) in [6.07, 6.45) is 4.86. The molecule has 4 heteroatoms. The van der Waals surface area contributed by atoms with Crippen molar-refractivity contribution in [2.24, 2.45) is 0 Å². The van der Waals surface area contributed by atoms with Crippen LogP contribution in [0, 0.1) is 13.8 Å². The number of rotatable bonds is 6. The summed E-state index contributed by atoms with van der Waals surface area (Å²) in [5.41, 5.74) is 5.03. The zero-order chi connectivity index (χ0) is 14.5. The van der Waals surface area contributed by atoms with Crippen LogP contribution in [0.3, 0.4) is 0 Å². The molecule has 0 bridgehead atoms. The first-order valence-corrected chi connectivity index (χ1v) is 7.22. The van der Waals surface area contributed by atoms with Gasteiger partial charge in [0.15, 0.2) is 0 Å². The first-order chi connectivity index (χ1) is 9.61. The lowest BCUT2D eigenvalue weighted by atomic mass is 10.1. The zero-order valence-electron chi connectivity index (χ0n) is 12.9. The second-order valence-electron chi connectivity index (χ2n) is 5.41. The van der Waals surface area contributed by atoms with Crippen molar-refractivity contribution in [2.45, 2.75) is 46.8 Å². The lowest BCUT2D eigenvalue weighted by Crippen LogP contribution is -2.18. The number of aromatic nitrogens is 3. The Labute approximate surface area is 121 Å². The van der Waals surface area contributed by atoms with E-state index in [1.54, 1.807) is 0 Å². The Kier molecular flexibility index (Phi) is 4.90. The molecule has 20 heavy (non-hydrogen) atoms. The maximum absolute atomic E-state index is 4.64. The van der Waals surface area contributed by atoms with Gasteiger partial charge in [0.2, 0.25) is 0 Å². The Balaban J connectivity index is 2.06. The summed E-state index contributed by atoms with van der Waals surface area (Å²) in [6.45, 7) is 9.29. The third-order valence-corrected chi connectivity index (χ3v) is 3.57. The van der Waals surface area contributed by atoms with Crippen LogP contribution in [0.1, 0.15) is 35.9 Å². The normalized spacial score (nSPS) is 11.2. The van der Waals surface area contributed by atoms with Crippen molar-refractivity contribution in [3.63, 3.8) is 0 Å². The molecule has 0 aliphatic rings. The third kappa shape index (κ3) is 3.45. The fourth-order valence-corrected chi connectivity index (χ4v) is 2.52. The molecule has 4 nitrogen and oxygen atoms in total. The third-order valence-electron chi connectivity index (χ3n) is 3.57. The molecule has 0 amide bonds. The molecule has 0 aliphatic carbocycles. The van der Waals surface area contributed by atoms with Gasteiger partial charge in [-0.2, -0.15) is 5.10 Å². The number of aryl methyl sites for hydroxylation is 2. The SMILES string of the molecule is CCCn1nc(C)c(CN(C)Cc2cccnc2)c1C. The van der Waals surface area contributed by atoms with Gasteiger partial charge in [0.1, 0.15) is 0 Å². The summed E-state index contributed by atoms with van der Waals surface area (Å²) < 4.78 is 2.13. The zero-order valence-corrected chi connectivity index (χ0v) is 12.9. The highest BCUT2D eigenvalue weighted by molar-refractivity contribution is 5.24. The van der Waals surface area contributed by atoms with E-state index in [1.807, 2.05) is 18.5 Å². The lowest BCUT2D eigenvalue weighted by Gasteiger charge is -2.17. The van der Waals surface area contributed by atoms with E-state index in [-0.39, 0.29) is 0 Å². The molecule has 0 aliphatic heterocycles. The van der Waals surface area contributed by atoms with E-state index in [9.17, 15) is 0 Å². The van der Waals surface area contributed by atoms with Gasteiger partial charge in [-0.15, -0.1) is 0 Å². The quantitative estimate of drug-likeness (QED) is 0.811. The molecule has 0 radical (unpaired) electrons. The van der Waals surface area contributed by atoms with Gasteiger partial charge < -0.3 is 0 Å². The van der Waals surface area contributed by atoms with E-state index in [1.165, 1.54) is 16.8 Å². The van der Waals surface area contributed by atoms with Crippen molar-refractivity contribution >= 4 is 0 Å². The van der Waals surface area contributed by atoms with Crippen LogP contribution in [0.5, 0.6) is 0 Å². The van der Waals surface area contributed by atoms with Gasteiger partial charge in [-0.05, 0) is 38.9 Å². The Hall–Kier alpha value is -1.68. The lowest BCUT2D eigenvalue weighted by molar-refractivity contribution is 0.317. The molecule has 0 aromatic carbocycles. The monoisotopic (exact) mass is 272 g/mol. The van der Waals surface area contributed by atoms with Gasteiger partial charge in [0.25, 0.3) is 0 Å². The molecule has 0 fully saturated rings. The fraction of sp³-hybridized carbons (Fsp3) is 0.500. The topological polar surface area (TPSA) is 34.0 Å². The molecule has 0 N–H and O–H groups in total. The largest absolute Gasteiger partial charge is 0.298 e. The molecule has 0 spiro atoms. The molecule has 0 saturated heterocycles. The number of nitrogens with zero attached hydrogens (tertiary/aromatic N) is 4. The Morgan fingerprint density at radius 1 is 1.25 bits per heavy atom. The first kappa shape index (κ1) is 14.7. The van der Waals surface area contributed by atoms with E-state index in [2.05, 4.69) is 53.5 Å². The average molecular weight is 272 g/mol. The van der Waals surface area contributed by atoms with Crippen molar-refractivity contribution in [1.29, 1.82) is 0 Å². The summed E-state index contributed by atoms with van der Waals surface area (Å²) in [7, 11) is 2.14. The Morgan fingerprint density at radius 3 is 2.70 bits per heavy atom. The van der Waals surface area contributed by atoms with Crippen LogP contribution in [0.25, 0.3) is 0 Å². The van der Waals surface area contributed by atoms with Crippen LogP contribution >= 0.6 is 0 Å². The van der Waals surface area contributed by atoms with E-state index >= 15 is 0 Å². The van der Waals surface area contributed by atoms with Crippen LogP contribution in [-0.4, -0.2) is 26.7 Å². The van der Waals surface area contributed by atoms with Gasteiger partial charge in [-0.25, -0.2) is 0 Å². The summed E-state index contributed by atoms with van der Waals surface area (Å²) in [6, 6.07) is 4.10. The second kappa shape index (κ2) is 6.66. The van der Waals surface area contributed by atoms with Crippen molar-refractivity contribution in [3.8, 4) is 0 Å². The van der Waals surface area contributed by atoms with Crippen molar-refractivity contribution < 1.29 is 0 Å². The number of hydrogen-bond acceptors (Lipinski definition) is 3. The van der Waals surface area contributed by atoms with Crippen LogP contribution in [0.4, 0.5) is 0 Å². The summed E-state index contributed by atoms with van der Waals surface area (Å²) in [5.74, 6) is 0. The minimum atomic E-state index is 0.908. The minimum absolute atomic E-state index is 0.908. The second-order valence-corrected chi connectivity index (χ2v) is 5.41. The fourth-order valence-electron chi connectivity index (χ4n) is 2.52. The van der Waals surface area contributed by atoms with Crippen molar-refractivity contribution in [1.82, 2.24) is 19.7 Å². The van der Waals surface area contributed by atoms with E-state index in [0.717, 1.165) is 31.7 Å². The summed E-state index contributed by atoms with van der Waals surface area (Å²) in [4.78, 5) is 6.48. The van der Waals surface area contributed by atoms with E-state index in [0.29, 0.717) is 0 Å². The van der Waals surface area contributed by atoms with Gasteiger partial charge in [-0.1, -0.05) is 13.0 Å². The summed E-state index contributed by atoms with van der Waals surface area (Å²) >= 11 is 0. The average Bonchev–Trinajstić information content (AvgIpc) is 2.68. The Bertz CT molecular complexity index is 545. The predicted octanol–water partition coefficient (Wildman–Crippen LogP) is 2.94. The molecule has 2 rings (SSSR count). The number of hydrogen-bond donors (Lipinski definition) is 0. The van der Waals surface area contributed by atoms with Gasteiger partial charge in [0, 0.05) is 43.3 Å². The van der Waals surface area contributed by atoms with Crippen LogP contribution in [0.2, 0.25) is 0 Å². The Morgan fingerprint density at radius 2 is 2.05 bits per heavy atom. The van der Waals surface area contributed by atoms with Gasteiger partial charge in [0.05, 0.1) is 5.69 Å². The highest BCUT2D eigenvalue weighted by Gasteiger charge is 2.13. The first-order valence-electron chi connectivity index (χ1n) is 7.22. The van der Waals surface area contributed by atoms with Crippen LogP contribution < -0.4 is 0 Å². The van der Waals surface area contributed by atoms with Crippen LogP contribution in [-0.2, 0) is 19.6 Å².